The van der Waals surface area contributed by atoms with Gasteiger partial charge < -0.3 is 10.4 Å². The zero-order valence-corrected chi connectivity index (χ0v) is 12.4. The number of halogens is 3. The summed E-state index contributed by atoms with van der Waals surface area (Å²) in [6, 6.07) is 3.35. The van der Waals surface area contributed by atoms with E-state index >= 15 is 0 Å². The molecule has 5 heteroatoms. The third-order valence-corrected chi connectivity index (χ3v) is 3.48. The number of hydrogen-bond donors (Lipinski definition) is 2. The summed E-state index contributed by atoms with van der Waals surface area (Å²) in [5.74, 6) is 0. The van der Waals surface area contributed by atoms with Gasteiger partial charge in [0.1, 0.15) is 0 Å². The molecule has 0 saturated heterocycles. The van der Waals surface area contributed by atoms with Crippen molar-refractivity contribution in [3.05, 3.63) is 26.7 Å². The summed E-state index contributed by atoms with van der Waals surface area (Å²) in [5, 5.41) is 14.0. The van der Waals surface area contributed by atoms with E-state index in [0.717, 1.165) is 4.47 Å². The molecule has 2 N–H and O–H groups in total. The van der Waals surface area contributed by atoms with Gasteiger partial charge in [-0.2, -0.15) is 0 Å². The van der Waals surface area contributed by atoms with E-state index in [0.29, 0.717) is 15.7 Å². The molecule has 16 heavy (non-hydrogen) atoms. The highest BCUT2D eigenvalue weighted by Gasteiger charge is 2.23. The molecule has 0 aliphatic carbocycles. The Morgan fingerprint density at radius 3 is 2.12 bits per heavy atom. The molecule has 1 aromatic carbocycles. The predicted octanol–water partition coefficient (Wildman–Crippen LogP) is 4.33. The second-order valence-electron chi connectivity index (χ2n) is 4.26. The largest absolute Gasteiger partial charge is 0.388 e. The average Bonchev–Trinajstić information content (AvgIpc) is 2.08. The summed E-state index contributed by atoms with van der Waals surface area (Å²) < 4.78 is 0.823. The van der Waals surface area contributed by atoms with Crippen LogP contribution in [0.2, 0.25) is 10.0 Å². The maximum atomic E-state index is 9.83. The van der Waals surface area contributed by atoms with Crippen LogP contribution >= 0.6 is 39.1 Å². The number of rotatable bonds is 3. The predicted molar refractivity (Wildman–Crippen MR) is 73.5 cm³/mol. The molecule has 0 radical (unpaired) electrons. The third kappa shape index (κ3) is 3.52. The Hall–Kier alpha value is 0.0400. The molecule has 0 aliphatic rings. The highest BCUT2D eigenvalue weighted by atomic mass is 79.9. The molecule has 0 spiro atoms. The lowest BCUT2D eigenvalue weighted by Gasteiger charge is -2.28. The number of hydrogen-bond acceptors (Lipinski definition) is 2. The number of benzene rings is 1. The van der Waals surface area contributed by atoms with Crippen LogP contribution in [0.5, 0.6) is 0 Å². The van der Waals surface area contributed by atoms with E-state index < -0.39 is 5.60 Å². The van der Waals surface area contributed by atoms with Crippen LogP contribution in [0, 0.1) is 0 Å². The normalized spacial score (nSPS) is 13.7. The minimum Gasteiger partial charge on any atom is -0.388 e. The molecule has 0 amide bonds. The van der Waals surface area contributed by atoms with Crippen molar-refractivity contribution < 1.29 is 5.11 Å². The molecule has 0 aromatic heterocycles. The molecular weight excluding hydrogens is 313 g/mol. The lowest BCUT2D eigenvalue weighted by molar-refractivity contribution is 0.0649. The van der Waals surface area contributed by atoms with Crippen molar-refractivity contribution in [3.8, 4) is 0 Å². The van der Waals surface area contributed by atoms with Crippen molar-refractivity contribution >= 4 is 44.8 Å². The Morgan fingerprint density at radius 2 is 1.75 bits per heavy atom. The Balaban J connectivity index is 2.98. The molecular formula is C11H14BrCl2NO. The van der Waals surface area contributed by atoms with E-state index in [-0.39, 0.29) is 6.04 Å². The molecule has 0 aliphatic heterocycles. The molecule has 2 nitrogen and oxygen atoms in total. The smallest absolute Gasteiger partial charge is 0.0789 e. The Kier molecular flexibility index (Phi) is 4.52. The standard InChI is InChI=1S/C11H14BrCl2NO/c1-6(11(2,3)16)15-10-8(13)4-7(12)5-9(10)14/h4-6,15-16H,1-3H3. The summed E-state index contributed by atoms with van der Waals surface area (Å²) in [6.07, 6.45) is 0. The molecule has 1 unspecified atom stereocenters. The maximum Gasteiger partial charge on any atom is 0.0789 e. The first-order valence-electron chi connectivity index (χ1n) is 4.85. The van der Waals surface area contributed by atoms with Gasteiger partial charge in [0.15, 0.2) is 0 Å². The number of nitrogens with one attached hydrogen (secondary N) is 1. The summed E-state index contributed by atoms with van der Waals surface area (Å²) >= 11 is 15.4. The van der Waals surface area contributed by atoms with Crippen LogP contribution in [0.4, 0.5) is 5.69 Å². The fraction of sp³-hybridized carbons (Fsp3) is 0.455. The molecule has 0 saturated carbocycles. The number of anilines is 1. The molecule has 1 aromatic rings. The van der Waals surface area contributed by atoms with E-state index in [1.54, 1.807) is 26.0 Å². The third-order valence-electron chi connectivity index (χ3n) is 2.43. The lowest BCUT2D eigenvalue weighted by Crippen LogP contribution is -2.39. The summed E-state index contributed by atoms with van der Waals surface area (Å²) in [7, 11) is 0. The topological polar surface area (TPSA) is 32.3 Å². The highest BCUT2D eigenvalue weighted by molar-refractivity contribution is 9.10. The van der Waals surface area contributed by atoms with Crippen molar-refractivity contribution in [2.75, 3.05) is 5.32 Å². The lowest BCUT2D eigenvalue weighted by atomic mass is 10.0. The van der Waals surface area contributed by atoms with Crippen LogP contribution in [0.25, 0.3) is 0 Å². The van der Waals surface area contributed by atoms with Crippen molar-refractivity contribution in [1.82, 2.24) is 0 Å². The molecule has 0 fully saturated rings. The van der Waals surface area contributed by atoms with Gasteiger partial charge in [0.2, 0.25) is 0 Å². The van der Waals surface area contributed by atoms with Crippen LogP contribution in [0.3, 0.4) is 0 Å². The van der Waals surface area contributed by atoms with Gasteiger partial charge in [0.05, 0.1) is 27.4 Å². The van der Waals surface area contributed by atoms with E-state index in [2.05, 4.69) is 21.2 Å². The van der Waals surface area contributed by atoms with E-state index in [1.807, 2.05) is 6.92 Å². The Labute approximate surface area is 114 Å². The fourth-order valence-corrected chi connectivity index (χ4v) is 2.39. The molecule has 0 heterocycles. The van der Waals surface area contributed by atoms with Crippen LogP contribution in [0.15, 0.2) is 16.6 Å². The molecule has 1 rings (SSSR count). The minimum atomic E-state index is -0.847. The zero-order valence-electron chi connectivity index (χ0n) is 9.31. The highest BCUT2D eigenvalue weighted by Crippen LogP contribution is 2.34. The van der Waals surface area contributed by atoms with Gasteiger partial charge >= 0.3 is 0 Å². The van der Waals surface area contributed by atoms with Gasteiger partial charge in [-0.25, -0.2) is 0 Å². The van der Waals surface area contributed by atoms with E-state index in [9.17, 15) is 5.11 Å². The minimum absolute atomic E-state index is 0.163. The van der Waals surface area contributed by atoms with Crippen molar-refractivity contribution in [2.45, 2.75) is 32.4 Å². The summed E-state index contributed by atoms with van der Waals surface area (Å²) in [5.41, 5.74) is -0.208. The quantitative estimate of drug-likeness (QED) is 0.866. The Bertz CT molecular complexity index is 367. The zero-order chi connectivity index (χ0) is 12.5. The van der Waals surface area contributed by atoms with Crippen LogP contribution in [0.1, 0.15) is 20.8 Å². The monoisotopic (exact) mass is 325 g/mol. The molecule has 0 bridgehead atoms. The summed E-state index contributed by atoms with van der Waals surface area (Å²) in [4.78, 5) is 0. The van der Waals surface area contributed by atoms with E-state index in [1.165, 1.54) is 0 Å². The average molecular weight is 327 g/mol. The first-order chi connectivity index (χ1) is 7.21. The SMILES string of the molecule is CC(Nc1c(Cl)cc(Br)cc1Cl)C(C)(C)O. The molecule has 1 atom stereocenters. The van der Waals surface area contributed by atoms with Crippen LogP contribution in [-0.2, 0) is 0 Å². The van der Waals surface area contributed by atoms with Gasteiger partial charge in [-0.3, -0.25) is 0 Å². The first-order valence-corrected chi connectivity index (χ1v) is 6.40. The second-order valence-corrected chi connectivity index (χ2v) is 5.99. The van der Waals surface area contributed by atoms with Gasteiger partial charge in [0.25, 0.3) is 0 Å². The fourth-order valence-electron chi connectivity index (χ4n) is 1.07. The Morgan fingerprint density at radius 1 is 1.31 bits per heavy atom. The van der Waals surface area contributed by atoms with Crippen molar-refractivity contribution in [1.29, 1.82) is 0 Å². The maximum absolute atomic E-state index is 9.83. The van der Waals surface area contributed by atoms with E-state index in [4.69, 9.17) is 23.2 Å². The van der Waals surface area contributed by atoms with Crippen molar-refractivity contribution in [3.63, 3.8) is 0 Å². The van der Waals surface area contributed by atoms with Gasteiger partial charge in [-0.15, -0.1) is 0 Å². The number of aliphatic hydroxyl groups is 1. The van der Waals surface area contributed by atoms with Gasteiger partial charge in [-0.05, 0) is 32.9 Å². The summed E-state index contributed by atoms with van der Waals surface area (Å²) in [6.45, 7) is 5.32. The first kappa shape index (κ1) is 14.1. The van der Waals surface area contributed by atoms with Gasteiger partial charge in [0, 0.05) is 4.47 Å². The van der Waals surface area contributed by atoms with Crippen LogP contribution in [-0.4, -0.2) is 16.7 Å². The van der Waals surface area contributed by atoms with Gasteiger partial charge in [-0.1, -0.05) is 39.1 Å². The van der Waals surface area contributed by atoms with Crippen LogP contribution < -0.4 is 5.32 Å². The molecule has 90 valence electrons. The second kappa shape index (κ2) is 5.13. The van der Waals surface area contributed by atoms with Crippen molar-refractivity contribution in [2.24, 2.45) is 0 Å².